The first kappa shape index (κ1) is 15.9. The summed E-state index contributed by atoms with van der Waals surface area (Å²) in [6.45, 7) is 18.1. The van der Waals surface area contributed by atoms with Gasteiger partial charge in [0.2, 0.25) is 0 Å². The molecule has 98 valence electrons. The van der Waals surface area contributed by atoms with Gasteiger partial charge >= 0.3 is 0 Å². The van der Waals surface area contributed by atoms with Gasteiger partial charge in [-0.05, 0) is 45.4 Å². The average molecular weight is 228 g/mol. The highest BCUT2D eigenvalue weighted by atomic mass is 15.2. The maximum absolute atomic E-state index is 3.66. The van der Waals surface area contributed by atoms with Crippen molar-refractivity contribution >= 4 is 0 Å². The average Bonchev–Trinajstić information content (AvgIpc) is 1.98. The first-order chi connectivity index (χ1) is 7.25. The summed E-state index contributed by atoms with van der Waals surface area (Å²) in [6.07, 6.45) is 0.417. The van der Waals surface area contributed by atoms with Crippen LogP contribution in [0.5, 0.6) is 0 Å². The first-order valence-corrected chi connectivity index (χ1v) is 6.77. The lowest BCUT2D eigenvalue weighted by Gasteiger charge is -2.37. The normalized spacial score (nSPS) is 13.1. The Balaban J connectivity index is 4.67. The topological polar surface area (TPSA) is 24.1 Å². The first-order valence-electron chi connectivity index (χ1n) is 6.77. The Hall–Kier alpha value is -0.0800. The van der Waals surface area contributed by atoms with Crippen LogP contribution in [0.25, 0.3) is 0 Å². The Labute approximate surface area is 103 Å². The minimum Gasteiger partial charge on any atom is -0.299 e. The molecule has 0 bridgehead atoms. The molecule has 0 saturated carbocycles. The molecule has 0 spiro atoms. The largest absolute Gasteiger partial charge is 0.299 e. The van der Waals surface area contributed by atoms with Crippen LogP contribution in [0.2, 0.25) is 0 Å². The molecule has 0 fully saturated rings. The molecule has 0 unspecified atom stereocenters. The SMILES string of the molecule is CC(C)NC(NC(C)C)C(C(C)C)C(C)C. The van der Waals surface area contributed by atoms with E-state index in [-0.39, 0.29) is 0 Å². The summed E-state index contributed by atoms with van der Waals surface area (Å²) < 4.78 is 0. The lowest BCUT2D eigenvalue weighted by Crippen LogP contribution is -2.55. The Morgan fingerprint density at radius 1 is 0.562 bits per heavy atom. The third-order valence-corrected chi connectivity index (χ3v) is 2.95. The lowest BCUT2D eigenvalue weighted by atomic mass is 9.82. The van der Waals surface area contributed by atoms with Gasteiger partial charge in [0.05, 0.1) is 6.17 Å². The molecule has 0 rings (SSSR count). The van der Waals surface area contributed by atoms with E-state index in [0.717, 1.165) is 0 Å². The number of hydrogen-bond donors (Lipinski definition) is 2. The van der Waals surface area contributed by atoms with Gasteiger partial charge in [0.15, 0.2) is 0 Å². The van der Waals surface area contributed by atoms with Gasteiger partial charge in [0, 0.05) is 12.1 Å². The zero-order valence-electron chi connectivity index (χ0n) is 12.5. The van der Waals surface area contributed by atoms with Gasteiger partial charge < -0.3 is 0 Å². The standard InChI is InChI=1S/C14H32N2/c1-9(2)13(10(3)4)14(15-11(5)6)16-12(7)8/h9-16H,1-8H3. The van der Waals surface area contributed by atoms with Crippen molar-refractivity contribution in [3.8, 4) is 0 Å². The molecule has 2 heteroatoms. The molecular weight excluding hydrogens is 196 g/mol. The van der Waals surface area contributed by atoms with Crippen molar-refractivity contribution in [2.45, 2.75) is 73.6 Å². The van der Waals surface area contributed by atoms with Gasteiger partial charge in [-0.1, -0.05) is 27.7 Å². The Kier molecular flexibility index (Phi) is 7.25. The van der Waals surface area contributed by atoms with Crippen LogP contribution in [0, 0.1) is 17.8 Å². The number of nitrogens with one attached hydrogen (secondary N) is 2. The molecule has 0 aliphatic carbocycles. The fraction of sp³-hybridized carbons (Fsp3) is 1.00. The summed E-state index contributed by atoms with van der Waals surface area (Å²) in [5.74, 6) is 2.06. The molecule has 0 aromatic rings. The van der Waals surface area contributed by atoms with Crippen molar-refractivity contribution in [3.05, 3.63) is 0 Å². The highest BCUT2D eigenvalue weighted by molar-refractivity contribution is 4.81. The molecule has 0 saturated heterocycles. The van der Waals surface area contributed by atoms with E-state index in [1.54, 1.807) is 0 Å². The van der Waals surface area contributed by atoms with Crippen LogP contribution in [-0.4, -0.2) is 18.2 Å². The van der Waals surface area contributed by atoms with E-state index in [9.17, 15) is 0 Å². The van der Waals surface area contributed by atoms with Crippen LogP contribution in [0.4, 0.5) is 0 Å². The molecule has 0 heterocycles. The highest BCUT2D eigenvalue weighted by Crippen LogP contribution is 2.23. The molecule has 0 aliphatic rings. The van der Waals surface area contributed by atoms with E-state index in [2.05, 4.69) is 66.0 Å². The quantitative estimate of drug-likeness (QED) is 0.654. The number of hydrogen-bond acceptors (Lipinski definition) is 2. The van der Waals surface area contributed by atoms with Gasteiger partial charge in [-0.15, -0.1) is 0 Å². The monoisotopic (exact) mass is 228 g/mol. The van der Waals surface area contributed by atoms with Gasteiger partial charge in [-0.25, -0.2) is 0 Å². The van der Waals surface area contributed by atoms with Gasteiger partial charge in [-0.2, -0.15) is 0 Å². The van der Waals surface area contributed by atoms with Crippen molar-refractivity contribution in [2.24, 2.45) is 17.8 Å². The van der Waals surface area contributed by atoms with Gasteiger partial charge in [-0.3, -0.25) is 10.6 Å². The molecule has 0 aromatic heterocycles. The van der Waals surface area contributed by atoms with E-state index in [1.165, 1.54) is 0 Å². The van der Waals surface area contributed by atoms with Crippen LogP contribution in [-0.2, 0) is 0 Å². The summed E-state index contributed by atoms with van der Waals surface area (Å²) in [5, 5.41) is 7.33. The smallest absolute Gasteiger partial charge is 0.0609 e. The van der Waals surface area contributed by atoms with E-state index < -0.39 is 0 Å². The van der Waals surface area contributed by atoms with Crippen molar-refractivity contribution in [1.29, 1.82) is 0 Å². The Morgan fingerprint density at radius 3 is 1.06 bits per heavy atom. The molecule has 0 amide bonds. The summed E-state index contributed by atoms with van der Waals surface area (Å²) in [7, 11) is 0. The van der Waals surface area contributed by atoms with Crippen molar-refractivity contribution in [1.82, 2.24) is 10.6 Å². The predicted molar refractivity (Wildman–Crippen MR) is 73.5 cm³/mol. The van der Waals surface area contributed by atoms with Crippen LogP contribution >= 0.6 is 0 Å². The van der Waals surface area contributed by atoms with E-state index in [0.29, 0.717) is 36.0 Å². The summed E-state index contributed by atoms with van der Waals surface area (Å²) in [6, 6.07) is 1.05. The fourth-order valence-corrected chi connectivity index (χ4v) is 2.53. The van der Waals surface area contributed by atoms with Crippen LogP contribution in [0.1, 0.15) is 55.4 Å². The molecule has 0 aliphatic heterocycles. The van der Waals surface area contributed by atoms with E-state index >= 15 is 0 Å². The second-order valence-corrected chi connectivity index (χ2v) is 6.19. The van der Waals surface area contributed by atoms with Gasteiger partial charge in [0.1, 0.15) is 0 Å². The van der Waals surface area contributed by atoms with E-state index in [4.69, 9.17) is 0 Å². The lowest BCUT2D eigenvalue weighted by molar-refractivity contribution is 0.164. The molecule has 0 aromatic carbocycles. The van der Waals surface area contributed by atoms with Crippen LogP contribution < -0.4 is 10.6 Å². The van der Waals surface area contributed by atoms with Crippen LogP contribution in [0.15, 0.2) is 0 Å². The maximum Gasteiger partial charge on any atom is 0.0609 e. The summed E-state index contributed by atoms with van der Waals surface area (Å²) >= 11 is 0. The third-order valence-electron chi connectivity index (χ3n) is 2.95. The number of rotatable bonds is 7. The zero-order chi connectivity index (χ0) is 12.9. The van der Waals surface area contributed by atoms with E-state index in [1.807, 2.05) is 0 Å². The second kappa shape index (κ2) is 7.29. The fourth-order valence-electron chi connectivity index (χ4n) is 2.53. The Morgan fingerprint density at radius 2 is 0.875 bits per heavy atom. The third kappa shape index (κ3) is 5.86. The van der Waals surface area contributed by atoms with Crippen molar-refractivity contribution in [2.75, 3.05) is 0 Å². The highest BCUT2D eigenvalue weighted by Gasteiger charge is 2.27. The summed E-state index contributed by atoms with van der Waals surface area (Å²) in [5.41, 5.74) is 0. The molecule has 2 nitrogen and oxygen atoms in total. The predicted octanol–water partition coefficient (Wildman–Crippen LogP) is 3.24. The maximum atomic E-state index is 3.66. The molecule has 16 heavy (non-hydrogen) atoms. The molecular formula is C14H32N2. The van der Waals surface area contributed by atoms with Crippen LogP contribution in [0.3, 0.4) is 0 Å². The second-order valence-electron chi connectivity index (χ2n) is 6.19. The molecule has 2 N–H and O–H groups in total. The zero-order valence-corrected chi connectivity index (χ0v) is 12.5. The summed E-state index contributed by atoms with van der Waals surface area (Å²) in [4.78, 5) is 0. The van der Waals surface area contributed by atoms with Gasteiger partial charge in [0.25, 0.3) is 0 Å². The molecule has 0 radical (unpaired) electrons. The minimum atomic E-state index is 0.417. The van der Waals surface area contributed by atoms with Crippen molar-refractivity contribution < 1.29 is 0 Å². The Bertz CT molecular complexity index is 156. The van der Waals surface area contributed by atoms with Crippen molar-refractivity contribution in [3.63, 3.8) is 0 Å². The molecule has 0 atom stereocenters. The minimum absolute atomic E-state index is 0.417.